The second-order valence-electron chi connectivity index (χ2n) is 7.16. The maximum absolute atomic E-state index is 13.1. The van der Waals surface area contributed by atoms with Crippen LogP contribution in [0.15, 0.2) is 90.3 Å². The zero-order chi connectivity index (χ0) is 21.3. The van der Waals surface area contributed by atoms with E-state index < -0.39 is 10.0 Å². The molecule has 30 heavy (non-hydrogen) atoms. The fraction of sp³-hybridized carbons (Fsp3) is 0.125. The molecule has 1 amide bonds. The van der Waals surface area contributed by atoms with Gasteiger partial charge < -0.3 is 5.32 Å². The minimum absolute atomic E-state index is 0.153. The average molecular weight is 419 g/mol. The fourth-order valence-electron chi connectivity index (χ4n) is 3.69. The molecule has 152 valence electrons. The second kappa shape index (κ2) is 7.80. The Morgan fingerprint density at radius 2 is 1.73 bits per heavy atom. The van der Waals surface area contributed by atoms with Crippen LogP contribution in [0.5, 0.6) is 0 Å². The van der Waals surface area contributed by atoms with Crippen LogP contribution in [0.25, 0.3) is 11.1 Å². The van der Waals surface area contributed by atoms with Crippen LogP contribution in [0.2, 0.25) is 0 Å². The van der Waals surface area contributed by atoms with Gasteiger partial charge in [-0.2, -0.15) is 0 Å². The van der Waals surface area contributed by atoms with Gasteiger partial charge in [-0.1, -0.05) is 54.6 Å². The van der Waals surface area contributed by atoms with Gasteiger partial charge in [0.05, 0.1) is 23.2 Å². The van der Waals surface area contributed by atoms with Gasteiger partial charge in [-0.15, -0.1) is 6.58 Å². The van der Waals surface area contributed by atoms with E-state index in [1.807, 2.05) is 37.3 Å². The van der Waals surface area contributed by atoms with Gasteiger partial charge in [-0.25, -0.2) is 8.42 Å². The third kappa shape index (κ3) is 3.39. The van der Waals surface area contributed by atoms with E-state index in [0.29, 0.717) is 22.4 Å². The molecule has 1 aliphatic heterocycles. The molecule has 0 bridgehead atoms. The van der Waals surface area contributed by atoms with E-state index >= 15 is 0 Å². The molecule has 1 atom stereocenters. The first-order valence-corrected chi connectivity index (χ1v) is 11.1. The first-order valence-electron chi connectivity index (χ1n) is 9.66. The Bertz CT molecular complexity index is 1220. The first-order chi connectivity index (χ1) is 14.4. The van der Waals surface area contributed by atoms with Gasteiger partial charge in [0.15, 0.2) is 0 Å². The Morgan fingerprint density at radius 3 is 2.47 bits per heavy atom. The molecule has 6 heteroatoms. The molecule has 0 unspecified atom stereocenters. The van der Waals surface area contributed by atoms with E-state index in [1.165, 1.54) is 4.31 Å². The lowest BCUT2D eigenvalue weighted by Crippen LogP contribution is -2.34. The molecule has 1 aliphatic rings. The number of carbonyl (C=O) groups excluding carboxylic acids is 1. The van der Waals surface area contributed by atoms with Crippen LogP contribution in [0.1, 0.15) is 28.9 Å². The number of sulfonamides is 1. The van der Waals surface area contributed by atoms with Crippen LogP contribution >= 0.6 is 0 Å². The van der Waals surface area contributed by atoms with Crippen molar-refractivity contribution in [3.05, 3.63) is 96.6 Å². The van der Waals surface area contributed by atoms with Crippen LogP contribution in [0.4, 0.5) is 5.69 Å². The number of nitrogens with zero attached hydrogens (tertiary/aromatic N) is 1. The van der Waals surface area contributed by atoms with Gasteiger partial charge in [0.1, 0.15) is 0 Å². The molecule has 3 aromatic carbocycles. The molecule has 0 radical (unpaired) electrons. The van der Waals surface area contributed by atoms with Crippen molar-refractivity contribution in [2.75, 3.05) is 10.8 Å². The highest BCUT2D eigenvalue weighted by atomic mass is 32.2. The number of hydrogen-bond donors (Lipinski definition) is 1. The molecule has 0 aliphatic carbocycles. The highest BCUT2D eigenvalue weighted by molar-refractivity contribution is 7.93. The Hall–Kier alpha value is -3.38. The van der Waals surface area contributed by atoms with Gasteiger partial charge in [0.25, 0.3) is 15.9 Å². The Labute approximate surface area is 176 Å². The first kappa shape index (κ1) is 19.9. The van der Waals surface area contributed by atoms with Crippen molar-refractivity contribution < 1.29 is 13.2 Å². The topological polar surface area (TPSA) is 66.5 Å². The molecule has 1 heterocycles. The summed E-state index contributed by atoms with van der Waals surface area (Å²) in [5.41, 5.74) is 3.34. The summed E-state index contributed by atoms with van der Waals surface area (Å²) in [7, 11) is -3.68. The minimum Gasteiger partial charge on any atom is -0.346 e. The smallest absolute Gasteiger partial charge is 0.265 e. The molecule has 4 rings (SSSR count). The van der Waals surface area contributed by atoms with Crippen molar-refractivity contribution >= 4 is 21.6 Å². The van der Waals surface area contributed by atoms with Gasteiger partial charge in [-0.3, -0.25) is 9.10 Å². The number of amides is 1. The maximum Gasteiger partial charge on any atom is 0.265 e. The summed E-state index contributed by atoms with van der Waals surface area (Å²) in [6.07, 6.45) is 1.55. The summed E-state index contributed by atoms with van der Waals surface area (Å²) >= 11 is 0. The number of fused-ring (bicyclic) bond motifs is 3. The summed E-state index contributed by atoms with van der Waals surface area (Å²) < 4.78 is 27.5. The van der Waals surface area contributed by atoms with Gasteiger partial charge in [-0.05, 0) is 36.8 Å². The third-order valence-electron chi connectivity index (χ3n) is 5.21. The molecule has 0 spiro atoms. The van der Waals surface area contributed by atoms with E-state index in [-0.39, 0.29) is 23.4 Å². The zero-order valence-electron chi connectivity index (χ0n) is 16.6. The number of rotatable bonds is 5. The molecule has 0 saturated carbocycles. The minimum atomic E-state index is -3.68. The lowest BCUT2D eigenvalue weighted by atomic mass is 9.99. The second-order valence-corrected chi connectivity index (χ2v) is 8.99. The Morgan fingerprint density at radius 1 is 1.03 bits per heavy atom. The van der Waals surface area contributed by atoms with Crippen LogP contribution in [-0.4, -0.2) is 20.9 Å². The van der Waals surface area contributed by atoms with Crippen LogP contribution in [0, 0.1) is 0 Å². The maximum atomic E-state index is 13.1. The summed E-state index contributed by atoms with van der Waals surface area (Å²) in [6.45, 7) is 5.77. The number of anilines is 1. The SMILES string of the molecule is C=CCN1c2ccc(C(=O)N[C@@H](C)c3ccccc3)cc2-c2ccccc2S1(=O)=O. The normalized spacial score (nSPS) is 14.9. The predicted octanol–water partition coefficient (Wildman–Crippen LogP) is 4.54. The number of benzene rings is 3. The van der Waals surface area contributed by atoms with Crippen molar-refractivity contribution in [3.63, 3.8) is 0 Å². The van der Waals surface area contributed by atoms with Crippen molar-refractivity contribution in [1.82, 2.24) is 5.32 Å². The summed E-state index contributed by atoms with van der Waals surface area (Å²) in [6, 6.07) is 21.5. The van der Waals surface area contributed by atoms with Crippen LogP contribution in [-0.2, 0) is 10.0 Å². The fourth-order valence-corrected chi connectivity index (χ4v) is 5.36. The monoisotopic (exact) mass is 418 g/mol. The lowest BCUT2D eigenvalue weighted by molar-refractivity contribution is 0.0940. The molecular weight excluding hydrogens is 396 g/mol. The molecule has 5 nitrogen and oxygen atoms in total. The predicted molar refractivity (Wildman–Crippen MR) is 119 cm³/mol. The molecular formula is C24H22N2O3S. The van der Waals surface area contributed by atoms with E-state index in [9.17, 15) is 13.2 Å². The third-order valence-corrected chi connectivity index (χ3v) is 7.05. The van der Waals surface area contributed by atoms with Crippen LogP contribution in [0.3, 0.4) is 0 Å². The zero-order valence-corrected chi connectivity index (χ0v) is 17.4. The molecule has 3 aromatic rings. The molecule has 0 fully saturated rings. The highest BCUT2D eigenvalue weighted by Crippen LogP contribution is 2.43. The number of nitrogens with one attached hydrogen (secondary N) is 1. The van der Waals surface area contributed by atoms with Crippen LogP contribution < -0.4 is 9.62 Å². The molecule has 1 N–H and O–H groups in total. The highest BCUT2D eigenvalue weighted by Gasteiger charge is 2.34. The van der Waals surface area contributed by atoms with Gasteiger partial charge in [0, 0.05) is 16.7 Å². The van der Waals surface area contributed by atoms with Crippen molar-refractivity contribution in [2.45, 2.75) is 17.9 Å². The summed E-state index contributed by atoms with van der Waals surface area (Å²) in [5.74, 6) is -0.213. The largest absolute Gasteiger partial charge is 0.346 e. The standard InChI is InChI=1S/C24H22N2O3S/c1-3-15-26-22-14-13-19(24(27)25-17(2)18-9-5-4-6-10-18)16-21(22)20-11-7-8-12-23(20)30(26,28)29/h3-14,16-17H,1,15H2,2H3,(H,25,27)/t17-/m0/s1. The van der Waals surface area contributed by atoms with E-state index in [0.717, 1.165) is 5.56 Å². The Balaban J connectivity index is 1.74. The molecule has 0 saturated heterocycles. The Kier molecular flexibility index (Phi) is 5.18. The van der Waals surface area contributed by atoms with E-state index in [2.05, 4.69) is 11.9 Å². The summed E-state index contributed by atoms with van der Waals surface area (Å²) in [5, 5.41) is 3.01. The van der Waals surface area contributed by atoms with Crippen molar-refractivity contribution in [2.24, 2.45) is 0 Å². The van der Waals surface area contributed by atoms with E-state index in [1.54, 1.807) is 48.5 Å². The molecule has 0 aromatic heterocycles. The number of carbonyl (C=O) groups is 1. The number of hydrogen-bond acceptors (Lipinski definition) is 3. The van der Waals surface area contributed by atoms with Gasteiger partial charge >= 0.3 is 0 Å². The summed E-state index contributed by atoms with van der Waals surface area (Å²) in [4.78, 5) is 13.1. The van der Waals surface area contributed by atoms with Crippen molar-refractivity contribution in [1.29, 1.82) is 0 Å². The van der Waals surface area contributed by atoms with Gasteiger partial charge in [0.2, 0.25) is 0 Å². The average Bonchev–Trinajstić information content (AvgIpc) is 2.77. The lowest BCUT2D eigenvalue weighted by Gasteiger charge is -2.31. The quantitative estimate of drug-likeness (QED) is 0.619. The van der Waals surface area contributed by atoms with Crippen molar-refractivity contribution in [3.8, 4) is 11.1 Å². The van der Waals surface area contributed by atoms with E-state index in [4.69, 9.17) is 0 Å².